The second kappa shape index (κ2) is 49.5. The number of carbonyl (C=O) groups is 1. The summed E-state index contributed by atoms with van der Waals surface area (Å²) in [4.78, 5) is 11.4. The van der Waals surface area contributed by atoms with E-state index in [9.17, 15) is 4.79 Å². The van der Waals surface area contributed by atoms with Gasteiger partial charge in [0, 0.05) is 20.1 Å². The summed E-state index contributed by atoms with van der Waals surface area (Å²) in [5.74, 6) is 1.93. The van der Waals surface area contributed by atoms with Gasteiger partial charge in [0.1, 0.15) is 0 Å². The third-order valence-corrected chi connectivity index (χ3v) is 9.02. The molecule has 4 nitrogen and oxygen atoms in total. The SMILES string of the molecule is CC.CC(C)CCO.CCCC(C)(C)CC(C)C.CCCCCCCCCCCCC(CCCCCCCCCCCC)CC(N)=O.CO. The molecule has 4 N–H and O–H groups in total. The Morgan fingerprint density at radius 3 is 1.10 bits per heavy atom. The van der Waals surface area contributed by atoms with Crippen molar-refractivity contribution < 1.29 is 15.0 Å². The number of carbonyl (C=O) groups excluding carboxylic acids is 1. The first-order chi connectivity index (χ1) is 23.4. The molecule has 1 amide bonds. The molecular formula is C45H99NO3. The van der Waals surface area contributed by atoms with Crippen LogP contribution in [-0.4, -0.2) is 29.8 Å². The number of hydrogen-bond donors (Lipinski definition) is 3. The van der Waals surface area contributed by atoms with Crippen molar-refractivity contribution in [2.75, 3.05) is 13.7 Å². The van der Waals surface area contributed by atoms with Crippen molar-refractivity contribution in [2.24, 2.45) is 28.9 Å². The Morgan fingerprint density at radius 1 is 0.551 bits per heavy atom. The second-order valence-electron chi connectivity index (χ2n) is 15.9. The van der Waals surface area contributed by atoms with E-state index in [2.05, 4.69) is 62.3 Å². The molecule has 302 valence electrons. The Morgan fingerprint density at radius 2 is 0.878 bits per heavy atom. The molecule has 0 unspecified atom stereocenters. The number of rotatable bonds is 30. The maximum Gasteiger partial charge on any atom is 0.217 e. The van der Waals surface area contributed by atoms with E-state index >= 15 is 0 Å². The molecule has 0 aromatic rings. The highest BCUT2D eigenvalue weighted by atomic mass is 16.3. The zero-order chi connectivity index (χ0) is 38.6. The van der Waals surface area contributed by atoms with Gasteiger partial charge in [0.2, 0.25) is 5.91 Å². The Hall–Kier alpha value is -0.610. The van der Waals surface area contributed by atoms with Crippen molar-refractivity contribution in [3.63, 3.8) is 0 Å². The maximum atomic E-state index is 11.4. The summed E-state index contributed by atoms with van der Waals surface area (Å²) < 4.78 is 0. The van der Waals surface area contributed by atoms with E-state index in [0.29, 0.717) is 30.3 Å². The van der Waals surface area contributed by atoms with Crippen LogP contribution < -0.4 is 5.73 Å². The summed E-state index contributed by atoms with van der Waals surface area (Å²) in [6.45, 7) is 24.7. The number of aliphatic hydroxyl groups is 2. The molecule has 4 heteroatoms. The van der Waals surface area contributed by atoms with Gasteiger partial charge in [-0.1, -0.05) is 211 Å². The summed E-state index contributed by atoms with van der Waals surface area (Å²) >= 11 is 0. The minimum Gasteiger partial charge on any atom is -0.400 e. The minimum absolute atomic E-state index is 0.103. The fraction of sp³-hybridized carbons (Fsp3) is 0.978. The lowest BCUT2D eigenvalue weighted by Crippen LogP contribution is -2.16. The zero-order valence-electron chi connectivity index (χ0n) is 36.4. The van der Waals surface area contributed by atoms with E-state index in [1.54, 1.807) is 0 Å². The van der Waals surface area contributed by atoms with Crippen LogP contribution in [-0.2, 0) is 4.79 Å². The molecule has 0 rings (SSSR count). The smallest absolute Gasteiger partial charge is 0.217 e. The molecule has 0 saturated heterocycles. The average molecular weight is 702 g/mol. The highest BCUT2D eigenvalue weighted by Gasteiger charge is 2.17. The van der Waals surface area contributed by atoms with E-state index in [4.69, 9.17) is 15.9 Å². The summed E-state index contributed by atoms with van der Waals surface area (Å²) in [7, 11) is 1.00. The summed E-state index contributed by atoms with van der Waals surface area (Å²) in [5.41, 5.74) is 6.07. The van der Waals surface area contributed by atoms with Gasteiger partial charge in [-0.3, -0.25) is 4.79 Å². The number of primary amides is 1. The first-order valence-corrected chi connectivity index (χ1v) is 21.8. The molecule has 0 saturated carbocycles. The Balaban J connectivity index is -0.000000262. The van der Waals surface area contributed by atoms with Crippen LogP contribution in [0.2, 0.25) is 0 Å². The third kappa shape index (κ3) is 62.9. The van der Waals surface area contributed by atoms with E-state index in [0.717, 1.165) is 19.4 Å². The van der Waals surface area contributed by atoms with Crippen LogP contribution in [0, 0.1) is 23.2 Å². The number of unbranched alkanes of at least 4 members (excludes halogenated alkanes) is 18. The first kappa shape index (κ1) is 57.7. The normalized spacial score (nSPS) is 10.8. The van der Waals surface area contributed by atoms with Gasteiger partial charge in [0.05, 0.1) is 0 Å². The molecule has 0 aromatic carbocycles. The highest BCUT2D eigenvalue weighted by molar-refractivity contribution is 5.73. The van der Waals surface area contributed by atoms with E-state index in [-0.39, 0.29) is 5.91 Å². The third-order valence-electron chi connectivity index (χ3n) is 9.02. The number of aliphatic hydroxyl groups excluding tert-OH is 2. The maximum absolute atomic E-state index is 11.4. The van der Waals surface area contributed by atoms with Gasteiger partial charge < -0.3 is 15.9 Å². The van der Waals surface area contributed by atoms with Crippen molar-refractivity contribution >= 4 is 5.91 Å². The highest BCUT2D eigenvalue weighted by Crippen LogP contribution is 2.30. The molecule has 49 heavy (non-hydrogen) atoms. The van der Waals surface area contributed by atoms with E-state index in [1.807, 2.05) is 13.8 Å². The van der Waals surface area contributed by atoms with Crippen LogP contribution in [0.5, 0.6) is 0 Å². The summed E-state index contributed by atoms with van der Waals surface area (Å²) in [6.07, 6.45) is 35.6. The van der Waals surface area contributed by atoms with Crippen LogP contribution in [0.4, 0.5) is 0 Å². The molecule has 0 aliphatic heterocycles. The number of nitrogens with two attached hydrogens (primary N) is 1. The lowest BCUT2D eigenvalue weighted by molar-refractivity contribution is -0.119. The fourth-order valence-electron chi connectivity index (χ4n) is 6.62. The predicted molar refractivity (Wildman–Crippen MR) is 224 cm³/mol. The zero-order valence-corrected chi connectivity index (χ0v) is 36.4. The van der Waals surface area contributed by atoms with Gasteiger partial charge in [0.25, 0.3) is 0 Å². The molecule has 0 atom stereocenters. The lowest BCUT2D eigenvalue weighted by Gasteiger charge is -2.25. The Kier molecular flexibility index (Phi) is 58.3. The molecule has 0 aliphatic rings. The van der Waals surface area contributed by atoms with E-state index < -0.39 is 0 Å². The molecule has 0 fully saturated rings. The Labute approximate surface area is 312 Å². The van der Waals surface area contributed by atoms with Crippen LogP contribution in [0.3, 0.4) is 0 Å². The predicted octanol–water partition coefficient (Wildman–Crippen LogP) is 14.6. The molecule has 0 spiro atoms. The van der Waals surface area contributed by atoms with Crippen LogP contribution in [0.25, 0.3) is 0 Å². The van der Waals surface area contributed by atoms with Gasteiger partial charge in [-0.2, -0.15) is 0 Å². The van der Waals surface area contributed by atoms with Gasteiger partial charge in [-0.25, -0.2) is 0 Å². The van der Waals surface area contributed by atoms with Crippen molar-refractivity contribution in [1.82, 2.24) is 0 Å². The average Bonchev–Trinajstić information content (AvgIpc) is 3.04. The van der Waals surface area contributed by atoms with Crippen molar-refractivity contribution in [3.05, 3.63) is 0 Å². The second-order valence-corrected chi connectivity index (χ2v) is 15.9. The van der Waals surface area contributed by atoms with Gasteiger partial charge in [0.15, 0.2) is 0 Å². The van der Waals surface area contributed by atoms with Crippen molar-refractivity contribution in [2.45, 2.75) is 250 Å². The van der Waals surface area contributed by atoms with Gasteiger partial charge in [-0.05, 0) is 55.3 Å². The quantitative estimate of drug-likeness (QED) is 0.0652. The topological polar surface area (TPSA) is 83.5 Å². The van der Waals surface area contributed by atoms with Crippen LogP contribution >= 0.6 is 0 Å². The monoisotopic (exact) mass is 702 g/mol. The molecular weight excluding hydrogens is 602 g/mol. The molecule has 0 radical (unpaired) electrons. The number of amides is 1. The van der Waals surface area contributed by atoms with Crippen molar-refractivity contribution in [1.29, 1.82) is 0 Å². The van der Waals surface area contributed by atoms with Crippen LogP contribution in [0.15, 0.2) is 0 Å². The first-order valence-electron chi connectivity index (χ1n) is 21.8. The van der Waals surface area contributed by atoms with Crippen molar-refractivity contribution in [3.8, 4) is 0 Å². The van der Waals surface area contributed by atoms with Gasteiger partial charge in [-0.15, -0.1) is 0 Å². The van der Waals surface area contributed by atoms with Crippen LogP contribution in [0.1, 0.15) is 250 Å². The standard InChI is InChI=1S/C27H55NO.C10H22.C5H12O.C2H6.CH4O/c1-3-5-7-9-11-13-15-17-19-21-23-26(25-27(28)29)24-22-20-18-16-14-12-10-8-6-4-2;1-6-7-10(4,5)8-9(2)3;1-5(2)3-4-6;2*1-2/h26H,3-25H2,1-2H3,(H2,28,29);9H,6-8H2,1-5H3;5-6H,3-4H2,1-2H3;1-2H3;2H,1H3. The number of hydrogen-bond acceptors (Lipinski definition) is 3. The summed E-state index contributed by atoms with van der Waals surface area (Å²) in [5, 5.41) is 15.2. The minimum atomic E-state index is -0.103. The molecule has 0 bridgehead atoms. The summed E-state index contributed by atoms with van der Waals surface area (Å²) in [6, 6.07) is 0. The fourth-order valence-corrected chi connectivity index (χ4v) is 6.62. The molecule has 0 heterocycles. The van der Waals surface area contributed by atoms with Gasteiger partial charge >= 0.3 is 0 Å². The largest absolute Gasteiger partial charge is 0.400 e. The van der Waals surface area contributed by atoms with E-state index in [1.165, 1.54) is 161 Å². The Bertz CT molecular complexity index is 537. The molecule has 0 aliphatic carbocycles. The lowest BCUT2D eigenvalue weighted by atomic mass is 9.80. The molecule has 0 aromatic heterocycles.